The lowest BCUT2D eigenvalue weighted by Crippen LogP contribution is -2.32. The largest absolute Gasteiger partial charge is 0.493 e. The molecule has 4 heteroatoms. The van der Waals surface area contributed by atoms with Gasteiger partial charge in [-0.1, -0.05) is 12.1 Å². The minimum atomic E-state index is 0.215. The summed E-state index contributed by atoms with van der Waals surface area (Å²) in [6.45, 7) is 7.06. The molecule has 1 aliphatic heterocycles. The molecule has 0 aromatic heterocycles. The van der Waals surface area contributed by atoms with Crippen molar-refractivity contribution in [2.45, 2.75) is 39.5 Å². The summed E-state index contributed by atoms with van der Waals surface area (Å²) in [5.74, 6) is 1.55. The molecule has 0 bridgehead atoms. The van der Waals surface area contributed by atoms with Crippen LogP contribution in [0.25, 0.3) is 0 Å². The van der Waals surface area contributed by atoms with Gasteiger partial charge < -0.3 is 14.4 Å². The Hall–Kier alpha value is -1.55. The second kappa shape index (κ2) is 8.92. The number of rotatable bonds is 7. The van der Waals surface area contributed by atoms with Gasteiger partial charge in [0, 0.05) is 33.2 Å². The van der Waals surface area contributed by atoms with E-state index in [0.717, 1.165) is 50.3 Å². The van der Waals surface area contributed by atoms with Crippen LogP contribution in [0.4, 0.5) is 0 Å². The molecule has 1 aromatic carbocycles. The molecule has 128 valence electrons. The smallest absolute Gasteiger partial charge is 0.222 e. The summed E-state index contributed by atoms with van der Waals surface area (Å²) in [5.41, 5.74) is 2.35. The molecule has 0 unspecified atom stereocenters. The zero-order chi connectivity index (χ0) is 16.7. The van der Waals surface area contributed by atoms with Crippen LogP contribution in [0.5, 0.6) is 5.75 Å². The van der Waals surface area contributed by atoms with Gasteiger partial charge in [-0.25, -0.2) is 0 Å². The first-order valence-corrected chi connectivity index (χ1v) is 8.58. The molecule has 2 rings (SSSR count). The third-order valence-corrected chi connectivity index (χ3v) is 4.38. The van der Waals surface area contributed by atoms with Crippen molar-refractivity contribution in [3.63, 3.8) is 0 Å². The number of ether oxygens (including phenoxy) is 2. The molecule has 0 N–H and O–H groups in total. The second-order valence-electron chi connectivity index (χ2n) is 6.57. The maximum absolute atomic E-state index is 12.2. The zero-order valence-corrected chi connectivity index (χ0v) is 14.6. The standard InChI is InChI=1S/C19H29NO3/c1-15-7-8-16(2)18(12-15)23-11-5-9-20(3)19(21)13-17-6-4-10-22-14-17/h7-8,12,17H,4-6,9-11,13-14H2,1-3H3/t17-/m1/s1. The molecule has 4 nitrogen and oxygen atoms in total. The van der Waals surface area contributed by atoms with Gasteiger partial charge in [-0.05, 0) is 56.2 Å². The molecular formula is C19H29NO3. The molecule has 1 heterocycles. The van der Waals surface area contributed by atoms with E-state index in [4.69, 9.17) is 9.47 Å². The van der Waals surface area contributed by atoms with Gasteiger partial charge in [-0.15, -0.1) is 0 Å². The van der Waals surface area contributed by atoms with E-state index in [1.54, 1.807) is 0 Å². The third-order valence-electron chi connectivity index (χ3n) is 4.38. The van der Waals surface area contributed by atoms with E-state index in [9.17, 15) is 4.79 Å². The first kappa shape index (κ1) is 17.8. The zero-order valence-electron chi connectivity index (χ0n) is 14.6. The lowest BCUT2D eigenvalue weighted by molar-refractivity contribution is -0.132. The van der Waals surface area contributed by atoms with Gasteiger partial charge >= 0.3 is 0 Å². The molecular weight excluding hydrogens is 290 g/mol. The van der Waals surface area contributed by atoms with Crippen molar-refractivity contribution in [1.82, 2.24) is 4.90 Å². The average Bonchev–Trinajstić information content (AvgIpc) is 2.55. The summed E-state index contributed by atoms with van der Waals surface area (Å²) in [6, 6.07) is 6.23. The van der Waals surface area contributed by atoms with Crippen LogP contribution in [-0.2, 0) is 9.53 Å². The minimum Gasteiger partial charge on any atom is -0.493 e. The highest BCUT2D eigenvalue weighted by Crippen LogP contribution is 2.20. The molecule has 0 radical (unpaired) electrons. The van der Waals surface area contributed by atoms with E-state index in [0.29, 0.717) is 18.9 Å². The van der Waals surface area contributed by atoms with Crippen LogP contribution in [0.2, 0.25) is 0 Å². The van der Waals surface area contributed by atoms with E-state index in [1.807, 2.05) is 11.9 Å². The molecule has 1 amide bonds. The normalized spacial score (nSPS) is 17.8. The van der Waals surface area contributed by atoms with E-state index < -0.39 is 0 Å². The predicted molar refractivity (Wildman–Crippen MR) is 91.8 cm³/mol. The molecule has 0 spiro atoms. The van der Waals surface area contributed by atoms with Crippen LogP contribution in [0.1, 0.15) is 36.8 Å². The van der Waals surface area contributed by atoms with E-state index >= 15 is 0 Å². The SMILES string of the molecule is Cc1ccc(C)c(OCCCN(C)C(=O)C[C@H]2CCCOC2)c1. The number of carbonyl (C=O) groups excluding carboxylic acids is 1. The summed E-state index contributed by atoms with van der Waals surface area (Å²) >= 11 is 0. The summed E-state index contributed by atoms with van der Waals surface area (Å²) in [4.78, 5) is 14.0. The molecule has 1 saturated heterocycles. The topological polar surface area (TPSA) is 38.8 Å². The van der Waals surface area contributed by atoms with Crippen LogP contribution >= 0.6 is 0 Å². The highest BCUT2D eigenvalue weighted by molar-refractivity contribution is 5.76. The number of hydrogen-bond acceptors (Lipinski definition) is 3. The summed E-state index contributed by atoms with van der Waals surface area (Å²) in [5, 5.41) is 0. The van der Waals surface area contributed by atoms with Gasteiger partial charge in [0.25, 0.3) is 0 Å². The lowest BCUT2D eigenvalue weighted by Gasteiger charge is -2.24. The average molecular weight is 319 g/mol. The van der Waals surface area contributed by atoms with Gasteiger partial charge in [-0.3, -0.25) is 4.79 Å². The highest BCUT2D eigenvalue weighted by Gasteiger charge is 2.19. The van der Waals surface area contributed by atoms with Crippen molar-refractivity contribution in [1.29, 1.82) is 0 Å². The van der Waals surface area contributed by atoms with Gasteiger partial charge in [0.05, 0.1) is 6.61 Å². The fraction of sp³-hybridized carbons (Fsp3) is 0.632. The quantitative estimate of drug-likeness (QED) is 0.724. The van der Waals surface area contributed by atoms with Crippen molar-refractivity contribution in [3.05, 3.63) is 29.3 Å². The van der Waals surface area contributed by atoms with Crippen LogP contribution in [0, 0.1) is 19.8 Å². The van der Waals surface area contributed by atoms with E-state index in [-0.39, 0.29) is 5.91 Å². The van der Waals surface area contributed by atoms with Crippen molar-refractivity contribution >= 4 is 5.91 Å². The lowest BCUT2D eigenvalue weighted by atomic mass is 9.98. The Balaban J connectivity index is 1.66. The maximum atomic E-state index is 12.2. The number of benzene rings is 1. The fourth-order valence-corrected chi connectivity index (χ4v) is 2.84. The maximum Gasteiger partial charge on any atom is 0.222 e. The molecule has 0 saturated carbocycles. The van der Waals surface area contributed by atoms with Crippen LogP contribution in [-0.4, -0.2) is 44.2 Å². The number of hydrogen-bond donors (Lipinski definition) is 0. The number of carbonyl (C=O) groups is 1. The Labute approximate surface area is 139 Å². The Bertz CT molecular complexity index is 509. The Morgan fingerprint density at radius 3 is 2.96 bits per heavy atom. The first-order valence-electron chi connectivity index (χ1n) is 8.58. The Morgan fingerprint density at radius 1 is 1.39 bits per heavy atom. The summed E-state index contributed by atoms with van der Waals surface area (Å²) in [7, 11) is 1.88. The van der Waals surface area contributed by atoms with E-state index in [1.165, 1.54) is 5.56 Å². The van der Waals surface area contributed by atoms with Crippen molar-refractivity contribution < 1.29 is 14.3 Å². The van der Waals surface area contributed by atoms with Crippen molar-refractivity contribution in [2.75, 3.05) is 33.4 Å². The summed E-state index contributed by atoms with van der Waals surface area (Å²) < 4.78 is 11.3. The van der Waals surface area contributed by atoms with Gasteiger partial charge in [0.1, 0.15) is 5.75 Å². The molecule has 1 aliphatic rings. The Kier molecular flexibility index (Phi) is 6.90. The van der Waals surface area contributed by atoms with Crippen LogP contribution < -0.4 is 4.74 Å². The first-order chi connectivity index (χ1) is 11.1. The molecule has 1 aromatic rings. The Morgan fingerprint density at radius 2 is 2.22 bits per heavy atom. The number of aryl methyl sites for hydroxylation is 2. The molecule has 23 heavy (non-hydrogen) atoms. The predicted octanol–water partition coefficient (Wildman–Crippen LogP) is 3.35. The summed E-state index contributed by atoms with van der Waals surface area (Å²) in [6.07, 6.45) is 3.63. The van der Waals surface area contributed by atoms with Gasteiger partial charge in [0.2, 0.25) is 5.91 Å². The monoisotopic (exact) mass is 319 g/mol. The molecule has 0 aliphatic carbocycles. The second-order valence-corrected chi connectivity index (χ2v) is 6.57. The van der Waals surface area contributed by atoms with E-state index in [2.05, 4.69) is 32.0 Å². The molecule has 1 atom stereocenters. The van der Waals surface area contributed by atoms with Crippen LogP contribution in [0.15, 0.2) is 18.2 Å². The fourth-order valence-electron chi connectivity index (χ4n) is 2.84. The number of nitrogens with zero attached hydrogens (tertiary/aromatic N) is 1. The minimum absolute atomic E-state index is 0.215. The highest BCUT2D eigenvalue weighted by atomic mass is 16.5. The van der Waals surface area contributed by atoms with Crippen molar-refractivity contribution in [3.8, 4) is 5.75 Å². The van der Waals surface area contributed by atoms with Crippen LogP contribution in [0.3, 0.4) is 0 Å². The van der Waals surface area contributed by atoms with Gasteiger partial charge in [0.15, 0.2) is 0 Å². The van der Waals surface area contributed by atoms with Gasteiger partial charge in [-0.2, -0.15) is 0 Å². The van der Waals surface area contributed by atoms with Crippen molar-refractivity contribution in [2.24, 2.45) is 5.92 Å². The molecule has 1 fully saturated rings. The number of amides is 1. The third kappa shape index (κ3) is 5.87.